The summed E-state index contributed by atoms with van der Waals surface area (Å²) in [6.45, 7) is 6.39. The highest BCUT2D eigenvalue weighted by Gasteiger charge is 2.48. The van der Waals surface area contributed by atoms with Crippen LogP contribution in [0.3, 0.4) is 0 Å². The van der Waals surface area contributed by atoms with Gasteiger partial charge in [0.2, 0.25) is 12.7 Å². The van der Waals surface area contributed by atoms with Crippen LogP contribution in [0.15, 0.2) is 42.5 Å². The predicted octanol–water partition coefficient (Wildman–Crippen LogP) is 4.30. The van der Waals surface area contributed by atoms with Crippen LogP contribution in [-0.2, 0) is 9.59 Å². The fourth-order valence-corrected chi connectivity index (χ4v) is 5.33. The Morgan fingerprint density at radius 3 is 2.42 bits per heavy atom. The van der Waals surface area contributed by atoms with Crippen LogP contribution >= 0.6 is 0 Å². The first-order valence-corrected chi connectivity index (χ1v) is 12.7. The Morgan fingerprint density at radius 1 is 1.03 bits per heavy atom. The van der Waals surface area contributed by atoms with E-state index in [1.54, 1.807) is 7.11 Å². The number of hydrogen-bond donors (Lipinski definition) is 1. The van der Waals surface area contributed by atoms with Gasteiger partial charge in [0.05, 0.1) is 19.6 Å². The van der Waals surface area contributed by atoms with Crippen molar-refractivity contribution in [3.05, 3.63) is 53.6 Å². The van der Waals surface area contributed by atoms with Gasteiger partial charge in [-0.2, -0.15) is 0 Å². The van der Waals surface area contributed by atoms with Gasteiger partial charge in [-0.3, -0.25) is 14.5 Å². The number of carbonyl (C=O) groups excluding carboxylic acids is 1. The average Bonchev–Trinajstić information content (AvgIpc) is 3.50. The molecule has 2 aliphatic rings. The van der Waals surface area contributed by atoms with Crippen molar-refractivity contribution in [2.24, 2.45) is 5.92 Å². The molecule has 194 valence electrons. The van der Waals surface area contributed by atoms with E-state index in [9.17, 15) is 14.7 Å². The second kappa shape index (κ2) is 11.6. The maximum atomic E-state index is 13.4. The largest absolute Gasteiger partial charge is 0.497 e. The van der Waals surface area contributed by atoms with E-state index in [0.29, 0.717) is 30.3 Å². The van der Waals surface area contributed by atoms with Crippen LogP contribution in [0.25, 0.3) is 0 Å². The summed E-state index contributed by atoms with van der Waals surface area (Å²) in [6, 6.07) is 12.7. The zero-order chi connectivity index (χ0) is 25.7. The van der Waals surface area contributed by atoms with Crippen molar-refractivity contribution in [3.63, 3.8) is 0 Å². The van der Waals surface area contributed by atoms with Gasteiger partial charge >= 0.3 is 5.97 Å². The molecular weight excluding hydrogens is 460 g/mol. The number of methoxy groups -OCH3 is 1. The molecular formula is C28H36N2O6. The quantitative estimate of drug-likeness (QED) is 0.496. The van der Waals surface area contributed by atoms with Crippen LogP contribution in [0.5, 0.6) is 17.2 Å². The van der Waals surface area contributed by atoms with Gasteiger partial charge in [-0.15, -0.1) is 0 Å². The monoisotopic (exact) mass is 496 g/mol. The maximum Gasteiger partial charge on any atom is 0.309 e. The number of rotatable bonds is 11. The van der Waals surface area contributed by atoms with Crippen molar-refractivity contribution in [1.29, 1.82) is 0 Å². The second-order valence-corrected chi connectivity index (χ2v) is 9.46. The van der Waals surface area contributed by atoms with Crippen molar-refractivity contribution in [3.8, 4) is 17.2 Å². The van der Waals surface area contributed by atoms with Crippen LogP contribution in [0.4, 0.5) is 0 Å². The fraction of sp³-hybridized carbons (Fsp3) is 0.500. The topological polar surface area (TPSA) is 88.5 Å². The van der Waals surface area contributed by atoms with Crippen molar-refractivity contribution in [1.82, 2.24) is 9.80 Å². The van der Waals surface area contributed by atoms with Gasteiger partial charge in [0.15, 0.2) is 11.5 Å². The molecule has 0 spiro atoms. The molecule has 8 heteroatoms. The fourth-order valence-electron chi connectivity index (χ4n) is 5.33. The Morgan fingerprint density at radius 2 is 1.75 bits per heavy atom. The van der Waals surface area contributed by atoms with Gasteiger partial charge in [0.1, 0.15) is 5.75 Å². The number of nitrogens with zero attached hydrogens (tertiary/aromatic N) is 2. The molecule has 0 radical (unpaired) electrons. The lowest BCUT2D eigenvalue weighted by Gasteiger charge is -2.30. The second-order valence-electron chi connectivity index (χ2n) is 9.46. The maximum absolute atomic E-state index is 13.4. The normalized spacial score (nSPS) is 20.9. The standard InChI is InChI=1S/C28H36N2O6/c1-4-6-14-29(13-5-2)25(31)17-30-16-22(20-9-12-23-24(15-20)36-18-35-23)26(28(32)33)27(30)19-7-10-21(34-3)11-8-19/h7-12,15,22,26-27H,4-6,13-14,16-18H2,1-3H3,(H,32,33)/t22-,26+,27-/m1/s1. The molecule has 1 saturated heterocycles. The molecule has 2 aliphatic heterocycles. The lowest BCUT2D eigenvalue weighted by Crippen LogP contribution is -2.41. The van der Waals surface area contributed by atoms with E-state index >= 15 is 0 Å². The Bertz CT molecular complexity index is 1060. The molecule has 2 aromatic carbocycles. The molecule has 4 rings (SSSR count). The molecule has 1 fully saturated rings. The number of likely N-dealkylation sites (tertiary alicyclic amines) is 1. The summed E-state index contributed by atoms with van der Waals surface area (Å²) in [5.74, 6) is 0.0970. The number of ether oxygens (including phenoxy) is 3. The number of carboxylic acids is 1. The summed E-state index contributed by atoms with van der Waals surface area (Å²) in [4.78, 5) is 30.1. The highest BCUT2D eigenvalue weighted by Crippen LogP contribution is 2.47. The molecule has 0 saturated carbocycles. The number of carbonyl (C=O) groups is 2. The van der Waals surface area contributed by atoms with E-state index in [1.165, 1.54) is 0 Å². The van der Waals surface area contributed by atoms with Crippen LogP contribution in [-0.4, -0.2) is 66.9 Å². The van der Waals surface area contributed by atoms with E-state index < -0.39 is 17.9 Å². The molecule has 1 N–H and O–H groups in total. The first kappa shape index (κ1) is 25.8. The summed E-state index contributed by atoms with van der Waals surface area (Å²) < 4.78 is 16.3. The van der Waals surface area contributed by atoms with Gasteiger partial charge in [0.25, 0.3) is 0 Å². The van der Waals surface area contributed by atoms with Gasteiger partial charge in [-0.1, -0.05) is 38.5 Å². The Kier molecular flexibility index (Phi) is 8.36. The number of hydrogen-bond acceptors (Lipinski definition) is 6. The Balaban J connectivity index is 1.68. The molecule has 0 bridgehead atoms. The van der Waals surface area contributed by atoms with Gasteiger partial charge in [0, 0.05) is 31.6 Å². The minimum Gasteiger partial charge on any atom is -0.497 e. The number of unbranched alkanes of at least 4 members (excludes halogenated alkanes) is 1. The first-order chi connectivity index (χ1) is 17.5. The summed E-state index contributed by atoms with van der Waals surface area (Å²) in [5, 5.41) is 10.4. The van der Waals surface area contributed by atoms with Gasteiger partial charge in [-0.25, -0.2) is 0 Å². The molecule has 2 heterocycles. The SMILES string of the molecule is CCCCN(CCC)C(=O)CN1C[C@H](c2ccc3c(c2)OCO3)[C@H](C(=O)O)[C@H]1c1ccc(OC)cc1. The van der Waals surface area contributed by atoms with E-state index in [2.05, 4.69) is 13.8 Å². The Labute approximate surface area is 212 Å². The van der Waals surface area contributed by atoms with Crippen LogP contribution in [0, 0.1) is 5.92 Å². The molecule has 0 aliphatic carbocycles. The minimum atomic E-state index is -0.884. The lowest BCUT2D eigenvalue weighted by atomic mass is 9.82. The van der Waals surface area contributed by atoms with Gasteiger partial charge in [-0.05, 0) is 48.2 Å². The highest BCUT2D eigenvalue weighted by atomic mass is 16.7. The molecule has 2 aromatic rings. The van der Waals surface area contributed by atoms with Crippen molar-refractivity contribution in [2.75, 3.05) is 40.1 Å². The number of benzene rings is 2. The number of fused-ring (bicyclic) bond motifs is 1. The highest BCUT2D eigenvalue weighted by molar-refractivity contribution is 5.79. The molecule has 8 nitrogen and oxygen atoms in total. The van der Waals surface area contributed by atoms with Gasteiger partial charge < -0.3 is 24.2 Å². The van der Waals surface area contributed by atoms with E-state index in [4.69, 9.17) is 14.2 Å². The number of carboxylic acid groups (broad SMARTS) is 1. The third-order valence-electron chi connectivity index (χ3n) is 7.13. The summed E-state index contributed by atoms with van der Waals surface area (Å²) in [5.41, 5.74) is 1.73. The minimum absolute atomic E-state index is 0.0410. The van der Waals surface area contributed by atoms with Crippen LogP contribution in [0.2, 0.25) is 0 Å². The summed E-state index contributed by atoms with van der Waals surface area (Å²) >= 11 is 0. The molecule has 1 amide bonds. The zero-order valence-electron chi connectivity index (χ0n) is 21.3. The van der Waals surface area contributed by atoms with Crippen molar-refractivity contribution in [2.45, 2.75) is 45.1 Å². The molecule has 0 aromatic heterocycles. The van der Waals surface area contributed by atoms with Crippen molar-refractivity contribution < 1.29 is 28.9 Å². The van der Waals surface area contributed by atoms with E-state index in [0.717, 1.165) is 36.9 Å². The van der Waals surface area contributed by atoms with Crippen LogP contribution in [0.1, 0.15) is 56.2 Å². The number of amides is 1. The lowest BCUT2D eigenvalue weighted by molar-refractivity contribution is -0.144. The van der Waals surface area contributed by atoms with Crippen LogP contribution < -0.4 is 14.2 Å². The summed E-state index contributed by atoms with van der Waals surface area (Å²) in [7, 11) is 1.60. The van der Waals surface area contributed by atoms with Crippen molar-refractivity contribution >= 4 is 11.9 Å². The molecule has 0 unspecified atom stereocenters. The average molecular weight is 497 g/mol. The zero-order valence-corrected chi connectivity index (χ0v) is 21.3. The molecule has 36 heavy (non-hydrogen) atoms. The number of aliphatic carboxylic acids is 1. The van der Waals surface area contributed by atoms with E-state index in [1.807, 2.05) is 52.3 Å². The first-order valence-electron chi connectivity index (χ1n) is 12.7. The smallest absolute Gasteiger partial charge is 0.309 e. The predicted molar refractivity (Wildman–Crippen MR) is 136 cm³/mol. The Hall–Kier alpha value is -3.26. The van der Waals surface area contributed by atoms with E-state index in [-0.39, 0.29) is 25.2 Å². The third kappa shape index (κ3) is 5.43. The third-order valence-corrected chi connectivity index (χ3v) is 7.13. The summed E-state index contributed by atoms with van der Waals surface area (Å²) in [6.07, 6.45) is 2.85. The molecule has 3 atom stereocenters.